The summed E-state index contributed by atoms with van der Waals surface area (Å²) in [7, 11) is 0. The van der Waals surface area contributed by atoms with Gasteiger partial charge in [0.25, 0.3) is 5.91 Å². The topological polar surface area (TPSA) is 86.6 Å². The van der Waals surface area contributed by atoms with Crippen molar-refractivity contribution >= 4 is 45.3 Å². The Morgan fingerprint density at radius 3 is 2.18 bits per heavy atom. The second kappa shape index (κ2) is 8.14. The molecule has 5 nitrogen and oxygen atoms in total. The number of alkyl halides is 3. The molecule has 1 atom stereocenters. The molecule has 0 aliphatic carbocycles. The van der Waals surface area contributed by atoms with Crippen LogP contribution >= 0.6 is 27.7 Å². The van der Waals surface area contributed by atoms with E-state index in [-0.39, 0.29) is 11.3 Å². The normalized spacial score (nSPS) is 13.7. The number of carbonyl (C=O) groups is 2. The fraction of sp³-hybridized carbons (Fsp3) is 0.222. The maximum atomic E-state index is 12.8. The molecular weight excluding hydrogens is 463 g/mol. The van der Waals surface area contributed by atoms with Crippen LogP contribution in [0.4, 0.5) is 18.9 Å². The lowest BCUT2D eigenvalue weighted by atomic mass is 10.1. The van der Waals surface area contributed by atoms with Crippen LogP contribution in [0.1, 0.15) is 22.8 Å². The van der Waals surface area contributed by atoms with Gasteiger partial charge < -0.3 is 15.5 Å². The molecule has 0 saturated heterocycles. The molecule has 0 spiro atoms. The molecule has 0 heterocycles. The number of carboxylic acids is 1. The third-order valence-electron chi connectivity index (χ3n) is 3.92. The number of rotatable bonds is 5. The van der Waals surface area contributed by atoms with Crippen molar-refractivity contribution in [3.63, 3.8) is 0 Å². The molecule has 0 aromatic heterocycles. The minimum Gasteiger partial charge on any atom is -0.478 e. The molecule has 0 aliphatic heterocycles. The van der Waals surface area contributed by atoms with Crippen molar-refractivity contribution in [3.05, 3.63) is 52.0 Å². The first-order chi connectivity index (χ1) is 12.8. The summed E-state index contributed by atoms with van der Waals surface area (Å²) >= 11 is 4.66. The Hall–Kier alpha value is -2.04. The van der Waals surface area contributed by atoms with Crippen LogP contribution in [0.25, 0.3) is 0 Å². The summed E-state index contributed by atoms with van der Waals surface area (Å²) in [5.41, 5.74) is -2.79. The first-order valence-corrected chi connectivity index (χ1v) is 9.36. The van der Waals surface area contributed by atoms with Gasteiger partial charge in [0.2, 0.25) is 5.60 Å². The van der Waals surface area contributed by atoms with E-state index in [1.807, 2.05) is 0 Å². The lowest BCUT2D eigenvalue weighted by molar-refractivity contribution is -0.242. The molecule has 2 aromatic rings. The lowest BCUT2D eigenvalue weighted by Gasteiger charge is -2.25. The Bertz CT molecular complexity index is 914. The molecule has 2 aromatic carbocycles. The second-order valence-corrected chi connectivity index (χ2v) is 7.91. The van der Waals surface area contributed by atoms with Gasteiger partial charge in [0.1, 0.15) is 0 Å². The fourth-order valence-electron chi connectivity index (χ4n) is 2.04. The van der Waals surface area contributed by atoms with Crippen LogP contribution in [0.3, 0.4) is 0 Å². The SMILES string of the molecule is Cc1c(NC(=O)[C@@](C)(O)C(F)(F)F)ccc(Sc2ccc(C(=O)O)cc2)c1Br. The molecule has 0 bridgehead atoms. The molecule has 0 radical (unpaired) electrons. The Kier molecular flexibility index (Phi) is 6.47. The number of amides is 1. The number of benzene rings is 2. The molecule has 0 aliphatic rings. The molecule has 0 saturated carbocycles. The third kappa shape index (κ3) is 4.68. The first-order valence-electron chi connectivity index (χ1n) is 7.75. The summed E-state index contributed by atoms with van der Waals surface area (Å²) in [6.07, 6.45) is -5.11. The molecule has 0 fully saturated rings. The number of hydrogen-bond acceptors (Lipinski definition) is 4. The minimum absolute atomic E-state index is 0.118. The molecule has 0 unspecified atom stereocenters. The summed E-state index contributed by atoms with van der Waals surface area (Å²) in [5.74, 6) is -2.62. The van der Waals surface area contributed by atoms with E-state index in [1.165, 1.54) is 30.0 Å². The van der Waals surface area contributed by atoms with Crippen molar-refractivity contribution in [2.24, 2.45) is 0 Å². The van der Waals surface area contributed by atoms with Gasteiger partial charge in [-0.2, -0.15) is 13.2 Å². The van der Waals surface area contributed by atoms with E-state index in [9.17, 15) is 27.9 Å². The predicted octanol–water partition coefficient (Wildman–Crippen LogP) is 4.86. The number of nitrogens with one attached hydrogen (secondary N) is 1. The van der Waals surface area contributed by atoms with Crippen LogP contribution < -0.4 is 5.32 Å². The Morgan fingerprint density at radius 1 is 1.11 bits per heavy atom. The maximum Gasteiger partial charge on any atom is 0.426 e. The lowest BCUT2D eigenvalue weighted by Crippen LogP contribution is -2.52. The fourth-order valence-corrected chi connectivity index (χ4v) is 3.53. The predicted molar refractivity (Wildman–Crippen MR) is 102 cm³/mol. The van der Waals surface area contributed by atoms with E-state index in [0.717, 1.165) is 4.90 Å². The van der Waals surface area contributed by atoms with E-state index in [4.69, 9.17) is 5.11 Å². The number of carbonyl (C=O) groups excluding carboxylic acids is 1. The van der Waals surface area contributed by atoms with E-state index in [0.29, 0.717) is 21.9 Å². The average Bonchev–Trinajstić information content (AvgIpc) is 2.60. The van der Waals surface area contributed by atoms with Gasteiger partial charge in [-0.3, -0.25) is 4.79 Å². The van der Waals surface area contributed by atoms with Gasteiger partial charge in [-0.1, -0.05) is 11.8 Å². The molecule has 10 heteroatoms. The highest BCUT2D eigenvalue weighted by Crippen LogP contribution is 2.39. The summed E-state index contributed by atoms with van der Waals surface area (Å²) < 4.78 is 38.9. The van der Waals surface area contributed by atoms with Crippen LogP contribution in [0, 0.1) is 6.92 Å². The summed E-state index contributed by atoms with van der Waals surface area (Å²) in [6.45, 7) is 1.98. The van der Waals surface area contributed by atoms with Gasteiger partial charge in [-0.25, -0.2) is 4.79 Å². The first kappa shape index (κ1) is 22.3. The van der Waals surface area contributed by atoms with Gasteiger partial charge in [0.05, 0.1) is 5.56 Å². The quantitative estimate of drug-likeness (QED) is 0.572. The van der Waals surface area contributed by atoms with Crippen molar-refractivity contribution in [2.75, 3.05) is 5.32 Å². The van der Waals surface area contributed by atoms with Crippen LogP contribution in [-0.2, 0) is 4.79 Å². The average molecular weight is 478 g/mol. The smallest absolute Gasteiger partial charge is 0.426 e. The summed E-state index contributed by atoms with van der Waals surface area (Å²) in [5, 5.41) is 20.5. The highest BCUT2D eigenvalue weighted by Gasteiger charge is 2.55. The van der Waals surface area contributed by atoms with E-state index >= 15 is 0 Å². The van der Waals surface area contributed by atoms with E-state index in [1.54, 1.807) is 25.1 Å². The van der Waals surface area contributed by atoms with Crippen LogP contribution in [0.2, 0.25) is 0 Å². The summed E-state index contributed by atoms with van der Waals surface area (Å²) in [4.78, 5) is 24.2. The number of carboxylic acid groups (broad SMARTS) is 1. The maximum absolute atomic E-state index is 12.8. The molecule has 28 heavy (non-hydrogen) atoms. The van der Waals surface area contributed by atoms with Crippen LogP contribution in [0.5, 0.6) is 0 Å². The van der Waals surface area contributed by atoms with Gasteiger partial charge >= 0.3 is 12.1 Å². The Balaban J connectivity index is 2.23. The molecule has 150 valence electrons. The van der Waals surface area contributed by atoms with Gasteiger partial charge in [-0.05, 0) is 71.7 Å². The zero-order valence-corrected chi connectivity index (χ0v) is 17.0. The van der Waals surface area contributed by atoms with Crippen LogP contribution in [-0.4, -0.2) is 33.9 Å². The van der Waals surface area contributed by atoms with Crippen molar-refractivity contribution in [3.8, 4) is 0 Å². The minimum atomic E-state index is -5.11. The van der Waals surface area contributed by atoms with Crippen molar-refractivity contribution in [1.82, 2.24) is 0 Å². The highest BCUT2D eigenvalue weighted by atomic mass is 79.9. The van der Waals surface area contributed by atoms with Crippen molar-refractivity contribution in [1.29, 1.82) is 0 Å². The van der Waals surface area contributed by atoms with E-state index in [2.05, 4.69) is 21.2 Å². The van der Waals surface area contributed by atoms with Crippen molar-refractivity contribution < 1.29 is 33.0 Å². The summed E-state index contributed by atoms with van der Waals surface area (Å²) in [6, 6.07) is 9.19. The molecule has 3 N–H and O–H groups in total. The Labute approximate surface area is 171 Å². The zero-order valence-electron chi connectivity index (χ0n) is 14.6. The molecular formula is C18H15BrF3NO4S. The standard InChI is InChI=1S/C18H15BrF3NO4S/c1-9-12(23-16(26)17(2,27)18(20,21)22)7-8-13(14(9)19)28-11-5-3-10(4-6-11)15(24)25/h3-8,27H,1-2H3,(H,23,26)(H,24,25)/t17-/m1/s1. The number of anilines is 1. The largest absolute Gasteiger partial charge is 0.478 e. The number of halogens is 4. The monoisotopic (exact) mass is 477 g/mol. The number of hydrogen-bond donors (Lipinski definition) is 3. The van der Waals surface area contributed by atoms with Gasteiger partial charge in [0, 0.05) is 20.0 Å². The highest BCUT2D eigenvalue weighted by molar-refractivity contribution is 9.10. The third-order valence-corrected chi connectivity index (χ3v) is 6.27. The van der Waals surface area contributed by atoms with Gasteiger partial charge in [-0.15, -0.1) is 0 Å². The second-order valence-electron chi connectivity index (χ2n) is 6.01. The molecule has 2 rings (SSSR count). The zero-order chi connectivity index (χ0) is 21.3. The Morgan fingerprint density at radius 2 is 1.68 bits per heavy atom. The van der Waals surface area contributed by atoms with Crippen molar-refractivity contribution in [2.45, 2.75) is 35.4 Å². The molecule has 1 amide bonds. The number of aliphatic hydroxyl groups is 1. The van der Waals surface area contributed by atoms with Gasteiger partial charge in [0.15, 0.2) is 0 Å². The van der Waals surface area contributed by atoms with Crippen LogP contribution in [0.15, 0.2) is 50.7 Å². The number of aromatic carboxylic acids is 1. The van der Waals surface area contributed by atoms with E-state index < -0.39 is 23.7 Å².